The van der Waals surface area contributed by atoms with Gasteiger partial charge in [0, 0.05) is 17.3 Å². The highest BCUT2D eigenvalue weighted by Crippen LogP contribution is 2.38. The minimum absolute atomic E-state index is 0.0809. The van der Waals surface area contributed by atoms with Gasteiger partial charge >= 0.3 is 18.8 Å². The molecular formula is C14H9F5N4O2. The molecule has 2 aromatic rings. The lowest BCUT2D eigenvalue weighted by atomic mass is 9.97. The topological polar surface area (TPSA) is 68.5 Å². The SMILES string of the molecule is O=C1NN=C(c2ccc(-c3cnn(C(F)F)c3)c(C(F)(F)F)c2)CO1. The van der Waals surface area contributed by atoms with Crippen LogP contribution in [0.25, 0.3) is 11.1 Å². The molecular weight excluding hydrogens is 351 g/mol. The molecule has 3 rings (SSSR count). The molecule has 0 spiro atoms. The zero-order valence-corrected chi connectivity index (χ0v) is 12.2. The summed E-state index contributed by atoms with van der Waals surface area (Å²) in [5.41, 5.74) is 0.731. The average molecular weight is 360 g/mol. The molecule has 0 saturated carbocycles. The van der Waals surface area contributed by atoms with Crippen LogP contribution in [-0.2, 0) is 10.9 Å². The van der Waals surface area contributed by atoms with Gasteiger partial charge in [-0.05, 0) is 11.6 Å². The van der Waals surface area contributed by atoms with Crippen molar-refractivity contribution in [3.63, 3.8) is 0 Å². The van der Waals surface area contributed by atoms with Crippen molar-refractivity contribution in [1.82, 2.24) is 15.2 Å². The number of halogens is 5. The number of benzene rings is 1. The van der Waals surface area contributed by atoms with Crippen molar-refractivity contribution in [3.05, 3.63) is 41.7 Å². The van der Waals surface area contributed by atoms with E-state index in [1.54, 1.807) is 0 Å². The fourth-order valence-corrected chi connectivity index (χ4v) is 2.25. The van der Waals surface area contributed by atoms with Gasteiger partial charge in [-0.3, -0.25) is 0 Å². The summed E-state index contributed by atoms with van der Waals surface area (Å²) in [5.74, 6) is 0. The molecule has 0 atom stereocenters. The van der Waals surface area contributed by atoms with Gasteiger partial charge in [-0.1, -0.05) is 12.1 Å². The van der Waals surface area contributed by atoms with Gasteiger partial charge in [0.05, 0.1) is 11.8 Å². The van der Waals surface area contributed by atoms with Gasteiger partial charge in [-0.25, -0.2) is 14.9 Å². The van der Waals surface area contributed by atoms with Crippen molar-refractivity contribution >= 4 is 11.8 Å². The minimum Gasteiger partial charge on any atom is -0.442 e. The van der Waals surface area contributed by atoms with Gasteiger partial charge in [-0.15, -0.1) is 0 Å². The Balaban J connectivity index is 2.05. The van der Waals surface area contributed by atoms with Gasteiger partial charge in [0.15, 0.2) is 0 Å². The summed E-state index contributed by atoms with van der Waals surface area (Å²) in [6.45, 7) is -3.24. The molecule has 1 aromatic heterocycles. The van der Waals surface area contributed by atoms with E-state index in [0.29, 0.717) is 0 Å². The van der Waals surface area contributed by atoms with Crippen molar-refractivity contribution in [3.8, 4) is 11.1 Å². The molecule has 0 radical (unpaired) electrons. The van der Waals surface area contributed by atoms with Crippen molar-refractivity contribution in [2.75, 3.05) is 6.61 Å². The Morgan fingerprint density at radius 1 is 1.24 bits per heavy atom. The molecule has 0 bridgehead atoms. The Labute approximate surface area is 136 Å². The van der Waals surface area contributed by atoms with E-state index in [9.17, 15) is 26.7 Å². The van der Waals surface area contributed by atoms with E-state index in [1.165, 1.54) is 6.07 Å². The number of aromatic nitrogens is 2. The van der Waals surface area contributed by atoms with Gasteiger partial charge in [0.25, 0.3) is 0 Å². The molecule has 6 nitrogen and oxygen atoms in total. The molecule has 1 aromatic carbocycles. The van der Waals surface area contributed by atoms with Gasteiger partial charge in [0.1, 0.15) is 12.3 Å². The maximum atomic E-state index is 13.4. The molecule has 2 heterocycles. The maximum absolute atomic E-state index is 13.4. The molecule has 1 aliphatic heterocycles. The first-order valence-corrected chi connectivity index (χ1v) is 6.79. The van der Waals surface area contributed by atoms with E-state index in [2.05, 4.69) is 14.9 Å². The number of rotatable bonds is 3. The predicted octanol–water partition coefficient (Wildman–Crippen LogP) is 3.41. The number of hydrogen-bond acceptors (Lipinski definition) is 4. The summed E-state index contributed by atoms with van der Waals surface area (Å²) in [6.07, 6.45) is -3.79. The van der Waals surface area contributed by atoms with Gasteiger partial charge in [0.2, 0.25) is 0 Å². The fraction of sp³-hybridized carbons (Fsp3) is 0.214. The zero-order chi connectivity index (χ0) is 18.2. The predicted molar refractivity (Wildman–Crippen MR) is 74.9 cm³/mol. The maximum Gasteiger partial charge on any atom is 0.428 e. The van der Waals surface area contributed by atoms with Gasteiger partial charge in [-0.2, -0.15) is 32.2 Å². The number of nitrogens with one attached hydrogen (secondary N) is 1. The second kappa shape index (κ2) is 6.15. The van der Waals surface area contributed by atoms with Crippen LogP contribution in [-0.4, -0.2) is 28.2 Å². The summed E-state index contributed by atoms with van der Waals surface area (Å²) >= 11 is 0. The van der Waals surface area contributed by atoms with Crippen LogP contribution >= 0.6 is 0 Å². The normalized spacial score (nSPS) is 15.0. The molecule has 0 aliphatic carbocycles. The number of hydrazone groups is 1. The smallest absolute Gasteiger partial charge is 0.428 e. The minimum atomic E-state index is -4.74. The highest BCUT2D eigenvalue weighted by Gasteiger charge is 2.35. The summed E-state index contributed by atoms with van der Waals surface area (Å²) in [6, 6.07) is 3.27. The van der Waals surface area contributed by atoms with E-state index in [4.69, 9.17) is 0 Å². The Bertz CT molecular complexity index is 844. The number of carbonyl (C=O) groups is 1. The van der Waals surface area contributed by atoms with Crippen LogP contribution in [0, 0.1) is 0 Å². The van der Waals surface area contributed by atoms with Crippen molar-refractivity contribution < 1.29 is 31.5 Å². The number of amides is 1. The Hall–Kier alpha value is -2.98. The first-order valence-electron chi connectivity index (χ1n) is 6.79. The van der Waals surface area contributed by atoms with E-state index in [0.717, 1.165) is 24.5 Å². The van der Waals surface area contributed by atoms with Gasteiger partial charge < -0.3 is 4.74 Å². The lowest BCUT2D eigenvalue weighted by Gasteiger charge is -2.17. The van der Waals surface area contributed by atoms with Crippen molar-refractivity contribution in [2.45, 2.75) is 12.7 Å². The van der Waals surface area contributed by atoms with Crippen LogP contribution < -0.4 is 5.43 Å². The summed E-state index contributed by atoms with van der Waals surface area (Å²) in [5, 5.41) is 6.99. The molecule has 0 unspecified atom stereocenters. The first-order chi connectivity index (χ1) is 11.8. The number of ether oxygens (including phenoxy) is 1. The zero-order valence-electron chi connectivity index (χ0n) is 12.2. The third-order valence-corrected chi connectivity index (χ3v) is 3.39. The summed E-state index contributed by atoms with van der Waals surface area (Å²) in [4.78, 5) is 10.9. The lowest BCUT2D eigenvalue weighted by Crippen LogP contribution is -2.30. The van der Waals surface area contributed by atoms with E-state index in [1.807, 2.05) is 5.43 Å². The quantitative estimate of drug-likeness (QED) is 0.853. The fourth-order valence-electron chi connectivity index (χ4n) is 2.25. The van der Waals surface area contributed by atoms with Crippen molar-refractivity contribution in [2.24, 2.45) is 5.10 Å². The molecule has 1 N–H and O–H groups in total. The van der Waals surface area contributed by atoms with Crippen molar-refractivity contribution in [1.29, 1.82) is 0 Å². The van der Waals surface area contributed by atoms with E-state index < -0.39 is 24.4 Å². The molecule has 1 amide bonds. The Morgan fingerprint density at radius 2 is 2.00 bits per heavy atom. The molecule has 1 aliphatic rings. The first kappa shape index (κ1) is 16.9. The number of carbonyl (C=O) groups excluding carboxylic acids is 1. The molecule has 11 heteroatoms. The lowest BCUT2D eigenvalue weighted by molar-refractivity contribution is -0.137. The molecule has 0 fully saturated rings. The van der Waals surface area contributed by atoms with Crippen LogP contribution in [0.2, 0.25) is 0 Å². The van der Waals surface area contributed by atoms with Crippen LogP contribution in [0.4, 0.5) is 26.7 Å². The number of hydrogen-bond donors (Lipinski definition) is 1. The highest BCUT2D eigenvalue weighted by atomic mass is 19.4. The number of nitrogens with zero attached hydrogens (tertiary/aromatic N) is 3. The molecule has 132 valence electrons. The van der Waals surface area contributed by atoms with Crippen LogP contribution in [0.3, 0.4) is 0 Å². The molecule has 0 saturated heterocycles. The average Bonchev–Trinajstić information content (AvgIpc) is 3.04. The highest BCUT2D eigenvalue weighted by molar-refractivity contribution is 6.04. The number of cyclic esters (lactones) is 1. The van der Waals surface area contributed by atoms with Crippen LogP contribution in [0.15, 0.2) is 35.7 Å². The van der Waals surface area contributed by atoms with E-state index >= 15 is 0 Å². The number of alkyl halides is 5. The summed E-state index contributed by atoms with van der Waals surface area (Å²) in [7, 11) is 0. The Morgan fingerprint density at radius 3 is 2.56 bits per heavy atom. The monoisotopic (exact) mass is 360 g/mol. The standard InChI is InChI=1S/C14H9F5N4O2/c15-12(16)23-5-8(4-20-23)9-2-1-7(3-10(9)14(17,18)19)11-6-25-13(24)22-21-11/h1-5,12H,6H2,(H,22,24). The second-order valence-corrected chi connectivity index (χ2v) is 4.99. The van der Waals surface area contributed by atoms with E-state index in [-0.39, 0.29) is 33.7 Å². The third kappa shape index (κ3) is 3.44. The third-order valence-electron chi connectivity index (χ3n) is 3.39. The molecule has 25 heavy (non-hydrogen) atoms. The van der Waals surface area contributed by atoms with Crippen LogP contribution in [0.5, 0.6) is 0 Å². The second-order valence-electron chi connectivity index (χ2n) is 4.99. The Kier molecular flexibility index (Phi) is 4.15. The summed E-state index contributed by atoms with van der Waals surface area (Å²) < 4.78 is 70.3. The van der Waals surface area contributed by atoms with Crippen LogP contribution in [0.1, 0.15) is 17.7 Å². The largest absolute Gasteiger partial charge is 0.442 e.